The Morgan fingerprint density at radius 3 is 2.40 bits per heavy atom. The molecule has 0 saturated carbocycles. The number of nitrogens with zero attached hydrogens (tertiary/aromatic N) is 2. The predicted octanol–water partition coefficient (Wildman–Crippen LogP) is 1.06. The van der Waals surface area contributed by atoms with E-state index in [1.165, 1.54) is 0 Å². The number of quaternary nitrogens is 1. The van der Waals surface area contributed by atoms with Gasteiger partial charge in [0.25, 0.3) is 11.8 Å². The zero-order chi connectivity index (χ0) is 17.5. The highest BCUT2D eigenvalue weighted by atomic mass is 16.2. The van der Waals surface area contributed by atoms with Gasteiger partial charge in [0.1, 0.15) is 0 Å². The van der Waals surface area contributed by atoms with Crippen molar-refractivity contribution in [3.63, 3.8) is 0 Å². The van der Waals surface area contributed by atoms with E-state index < -0.39 is 0 Å². The molecule has 1 atom stereocenters. The van der Waals surface area contributed by atoms with Crippen molar-refractivity contribution < 1.29 is 14.5 Å². The topological polar surface area (TPSA) is 87.4 Å². The number of carbonyl (C=O) groups is 2. The maximum Gasteiger partial charge on any atom is 0.279 e. The third kappa shape index (κ3) is 5.22. The molecule has 7 nitrogen and oxygen atoms in total. The molecule has 1 aliphatic rings. The number of hydrogen-bond donors (Lipinski definition) is 3. The van der Waals surface area contributed by atoms with Gasteiger partial charge < -0.3 is 15.5 Å². The zero-order valence-electron chi connectivity index (χ0n) is 13.7. The van der Waals surface area contributed by atoms with E-state index in [1.54, 1.807) is 24.3 Å². The van der Waals surface area contributed by atoms with E-state index in [0.717, 1.165) is 17.1 Å². The van der Waals surface area contributed by atoms with E-state index in [4.69, 9.17) is 0 Å². The van der Waals surface area contributed by atoms with E-state index >= 15 is 0 Å². The molecule has 2 aromatic rings. The molecule has 1 fully saturated rings. The first-order valence-corrected chi connectivity index (χ1v) is 8.16. The summed E-state index contributed by atoms with van der Waals surface area (Å²) in [5.41, 5.74) is 2.19. The molecular weight excluding hydrogens is 318 g/mol. The Hall–Kier alpha value is -3.06. The van der Waals surface area contributed by atoms with Gasteiger partial charge in [0.15, 0.2) is 13.1 Å². The molecule has 2 amide bonds. The van der Waals surface area contributed by atoms with Crippen LogP contribution in [0.3, 0.4) is 0 Å². The number of hydrogen-bond acceptors (Lipinski definition) is 4. The van der Waals surface area contributed by atoms with Crippen LogP contribution in [0.2, 0.25) is 0 Å². The minimum Gasteiger partial charge on any atom is -0.346 e. The summed E-state index contributed by atoms with van der Waals surface area (Å²) in [4.78, 5) is 24.4. The van der Waals surface area contributed by atoms with Gasteiger partial charge in [-0.1, -0.05) is 18.2 Å². The minimum atomic E-state index is -0.108. The second-order valence-corrected chi connectivity index (χ2v) is 5.83. The molecule has 1 unspecified atom stereocenters. The Balaban J connectivity index is 1.52. The number of azo groups is 1. The third-order valence-electron chi connectivity index (χ3n) is 3.81. The monoisotopic (exact) mass is 338 g/mol. The van der Waals surface area contributed by atoms with Gasteiger partial charge in [0.2, 0.25) is 0 Å². The normalized spacial score (nSPS) is 17.3. The maximum absolute atomic E-state index is 12.1. The fourth-order valence-electron chi connectivity index (χ4n) is 2.56. The summed E-state index contributed by atoms with van der Waals surface area (Å²) in [6.45, 7) is 2.00. The van der Waals surface area contributed by atoms with Gasteiger partial charge >= 0.3 is 0 Å². The van der Waals surface area contributed by atoms with Crippen molar-refractivity contribution in [1.82, 2.24) is 5.32 Å². The Morgan fingerprint density at radius 2 is 1.72 bits per heavy atom. The number of rotatable bonds is 5. The van der Waals surface area contributed by atoms with Crippen molar-refractivity contribution in [3.8, 4) is 0 Å². The van der Waals surface area contributed by atoms with E-state index in [1.807, 2.05) is 30.3 Å². The van der Waals surface area contributed by atoms with Gasteiger partial charge in [-0.05, 0) is 36.4 Å². The van der Waals surface area contributed by atoms with Crippen LogP contribution in [-0.4, -0.2) is 38.0 Å². The van der Waals surface area contributed by atoms with Crippen molar-refractivity contribution in [2.75, 3.05) is 31.5 Å². The van der Waals surface area contributed by atoms with Gasteiger partial charge in [-0.3, -0.25) is 9.59 Å². The Labute approximate surface area is 145 Å². The number of piperazine rings is 1. The highest BCUT2D eigenvalue weighted by Gasteiger charge is 2.21. The summed E-state index contributed by atoms with van der Waals surface area (Å²) >= 11 is 0. The van der Waals surface area contributed by atoms with E-state index in [0.29, 0.717) is 24.5 Å². The van der Waals surface area contributed by atoms with E-state index in [2.05, 4.69) is 20.9 Å². The number of anilines is 1. The summed E-state index contributed by atoms with van der Waals surface area (Å²) in [5.74, 6) is -0.120. The fraction of sp³-hybridized carbons (Fsp3) is 0.222. The van der Waals surface area contributed by atoms with Crippen molar-refractivity contribution in [3.05, 3.63) is 54.6 Å². The summed E-state index contributed by atoms with van der Waals surface area (Å²) < 4.78 is 0. The van der Waals surface area contributed by atoms with Gasteiger partial charge in [-0.2, -0.15) is 10.2 Å². The molecule has 3 N–H and O–H groups in total. The zero-order valence-corrected chi connectivity index (χ0v) is 13.7. The van der Waals surface area contributed by atoms with Gasteiger partial charge in [-0.25, -0.2) is 0 Å². The van der Waals surface area contributed by atoms with Crippen molar-refractivity contribution >= 4 is 28.9 Å². The first-order valence-electron chi connectivity index (χ1n) is 8.16. The molecule has 0 bridgehead atoms. The summed E-state index contributed by atoms with van der Waals surface area (Å²) in [7, 11) is 0. The lowest BCUT2D eigenvalue weighted by Gasteiger charge is -2.22. The van der Waals surface area contributed by atoms with E-state index in [9.17, 15) is 9.59 Å². The maximum atomic E-state index is 12.1. The van der Waals surface area contributed by atoms with Crippen LogP contribution < -0.4 is 15.5 Å². The van der Waals surface area contributed by atoms with Crippen LogP contribution in [0.15, 0.2) is 64.8 Å². The molecule has 128 valence electrons. The first-order chi connectivity index (χ1) is 12.2. The van der Waals surface area contributed by atoms with Crippen molar-refractivity contribution in [2.24, 2.45) is 10.2 Å². The number of carbonyl (C=O) groups excluding carboxylic acids is 2. The average molecular weight is 338 g/mol. The van der Waals surface area contributed by atoms with Crippen molar-refractivity contribution in [1.29, 1.82) is 0 Å². The van der Waals surface area contributed by atoms with Crippen LogP contribution in [0.25, 0.3) is 0 Å². The highest BCUT2D eigenvalue weighted by Crippen LogP contribution is 2.19. The van der Waals surface area contributed by atoms with Gasteiger partial charge in [0, 0.05) is 5.69 Å². The van der Waals surface area contributed by atoms with Crippen LogP contribution in [0.5, 0.6) is 0 Å². The Morgan fingerprint density at radius 1 is 1.04 bits per heavy atom. The standard InChI is InChI=1S/C18H19N5O2/c24-17-12-23(11-10-19-17)13-18(25)20-14-6-8-16(9-7-14)22-21-15-4-2-1-3-5-15/h1-9H,10-13H2,(H,19,24)(H,20,25)/p+1. The molecule has 0 aliphatic carbocycles. The number of nitrogens with one attached hydrogen (secondary N) is 3. The lowest BCUT2D eigenvalue weighted by atomic mass is 10.3. The van der Waals surface area contributed by atoms with Crippen LogP contribution >= 0.6 is 0 Å². The molecule has 0 spiro atoms. The quantitative estimate of drug-likeness (QED) is 0.712. The molecule has 0 radical (unpaired) electrons. The average Bonchev–Trinajstić information content (AvgIpc) is 2.62. The summed E-state index contributed by atoms with van der Waals surface area (Å²) in [6.07, 6.45) is 0. The Kier molecular flexibility index (Phi) is 5.48. The van der Waals surface area contributed by atoms with Crippen LogP contribution in [0, 0.1) is 0 Å². The molecule has 25 heavy (non-hydrogen) atoms. The smallest absolute Gasteiger partial charge is 0.279 e. The molecule has 1 saturated heterocycles. The molecular formula is C18H20N5O2+. The van der Waals surface area contributed by atoms with Crippen LogP contribution in [0.4, 0.5) is 17.1 Å². The van der Waals surface area contributed by atoms with Crippen LogP contribution in [-0.2, 0) is 9.59 Å². The highest BCUT2D eigenvalue weighted by molar-refractivity contribution is 5.91. The second kappa shape index (κ2) is 8.16. The van der Waals surface area contributed by atoms with E-state index in [-0.39, 0.29) is 18.4 Å². The van der Waals surface area contributed by atoms with Crippen LogP contribution in [0.1, 0.15) is 0 Å². The molecule has 3 rings (SSSR count). The van der Waals surface area contributed by atoms with Crippen molar-refractivity contribution in [2.45, 2.75) is 0 Å². The minimum absolute atomic E-state index is 0.0119. The number of benzene rings is 2. The largest absolute Gasteiger partial charge is 0.346 e. The molecule has 1 heterocycles. The molecule has 7 heteroatoms. The molecule has 1 aliphatic heterocycles. The summed E-state index contributed by atoms with van der Waals surface area (Å²) in [5, 5.41) is 13.9. The molecule has 2 aromatic carbocycles. The Bertz CT molecular complexity index is 759. The molecule has 0 aromatic heterocycles. The fourth-order valence-corrected chi connectivity index (χ4v) is 2.56. The third-order valence-corrected chi connectivity index (χ3v) is 3.81. The van der Waals surface area contributed by atoms with Gasteiger partial charge in [-0.15, -0.1) is 0 Å². The first kappa shape index (κ1) is 16.8. The summed E-state index contributed by atoms with van der Waals surface area (Å²) in [6, 6.07) is 16.6. The lowest BCUT2D eigenvalue weighted by molar-refractivity contribution is -0.885. The number of amides is 2. The lowest BCUT2D eigenvalue weighted by Crippen LogP contribution is -3.16. The second-order valence-electron chi connectivity index (χ2n) is 5.83. The van der Waals surface area contributed by atoms with Gasteiger partial charge in [0.05, 0.1) is 24.5 Å². The SMILES string of the molecule is O=C1C[NH+](CC(=O)Nc2ccc(N=Nc3ccccc3)cc2)CCN1. The predicted molar refractivity (Wildman–Crippen MR) is 94.3 cm³/mol.